The Morgan fingerprint density at radius 3 is 2.65 bits per heavy atom. The summed E-state index contributed by atoms with van der Waals surface area (Å²) in [5.41, 5.74) is 4.37. The molecule has 4 aromatic rings. The highest BCUT2D eigenvalue weighted by Crippen LogP contribution is 2.36. The predicted molar refractivity (Wildman–Crippen MR) is 128 cm³/mol. The average Bonchev–Trinajstić information content (AvgIpc) is 3.45. The predicted octanol–water partition coefficient (Wildman–Crippen LogP) is 4.76. The van der Waals surface area contributed by atoms with Crippen molar-refractivity contribution in [3.63, 3.8) is 0 Å². The molecule has 0 unspecified atom stereocenters. The lowest BCUT2D eigenvalue weighted by atomic mass is 10.0. The lowest BCUT2D eigenvalue weighted by Crippen LogP contribution is -2.17. The van der Waals surface area contributed by atoms with E-state index in [1.807, 2.05) is 25.1 Å². The van der Waals surface area contributed by atoms with Gasteiger partial charge < -0.3 is 15.7 Å². The number of carboxylic acid groups (broad SMARTS) is 1. The zero-order valence-corrected chi connectivity index (χ0v) is 18.8. The Kier molecular flexibility index (Phi) is 5.83. The van der Waals surface area contributed by atoms with E-state index in [2.05, 4.69) is 15.6 Å². The Bertz CT molecular complexity index is 1350. The van der Waals surface area contributed by atoms with Crippen molar-refractivity contribution >= 4 is 23.3 Å². The zero-order valence-electron chi connectivity index (χ0n) is 18.8. The maximum Gasteiger partial charge on any atom is 0.322 e. The molecule has 3 heterocycles. The van der Waals surface area contributed by atoms with Crippen LogP contribution in [0.2, 0.25) is 0 Å². The van der Waals surface area contributed by atoms with Gasteiger partial charge in [0.2, 0.25) is 5.95 Å². The third-order valence-corrected chi connectivity index (χ3v) is 5.99. The van der Waals surface area contributed by atoms with E-state index in [-0.39, 0.29) is 12.4 Å². The Morgan fingerprint density at radius 1 is 1.15 bits per heavy atom. The molecule has 1 saturated carbocycles. The normalized spacial score (nSPS) is 13.9. The second-order valence-corrected chi connectivity index (χ2v) is 8.53. The lowest BCUT2D eigenvalue weighted by Gasteiger charge is -2.13. The van der Waals surface area contributed by atoms with Gasteiger partial charge in [0.1, 0.15) is 23.9 Å². The van der Waals surface area contributed by atoms with Crippen LogP contribution in [0.15, 0.2) is 48.5 Å². The van der Waals surface area contributed by atoms with Gasteiger partial charge in [-0.3, -0.25) is 4.79 Å². The molecule has 0 radical (unpaired) electrons. The molecule has 1 aliphatic rings. The molecule has 9 heteroatoms. The molecular formula is C25H25FN6O2. The standard InChI is InChI=1S/C25H25FN6O2/c1-15-13-19(30-25(28-15)29-18-5-2-3-6-18)23-20-7-4-8-21(27-14-22(33)34)32(20)31-24(23)16-9-11-17(26)12-10-16/h4,7-13,18,27H,2-3,5-6,14H2,1H3,(H,33,34)(H,28,29,30). The first-order chi connectivity index (χ1) is 16.5. The Balaban J connectivity index is 1.68. The smallest absolute Gasteiger partial charge is 0.322 e. The van der Waals surface area contributed by atoms with E-state index in [9.17, 15) is 9.18 Å². The molecule has 0 aliphatic heterocycles. The summed E-state index contributed by atoms with van der Waals surface area (Å²) in [6.45, 7) is 1.68. The summed E-state index contributed by atoms with van der Waals surface area (Å²) >= 11 is 0. The number of aryl methyl sites for hydroxylation is 1. The van der Waals surface area contributed by atoms with Crippen molar-refractivity contribution in [1.82, 2.24) is 19.6 Å². The van der Waals surface area contributed by atoms with E-state index < -0.39 is 5.97 Å². The van der Waals surface area contributed by atoms with Crippen molar-refractivity contribution in [3.8, 4) is 22.5 Å². The number of nitrogens with one attached hydrogen (secondary N) is 2. The van der Waals surface area contributed by atoms with Gasteiger partial charge in [-0.15, -0.1) is 0 Å². The van der Waals surface area contributed by atoms with Crippen LogP contribution in [-0.2, 0) is 4.79 Å². The number of anilines is 2. The highest BCUT2D eigenvalue weighted by Gasteiger charge is 2.22. The fourth-order valence-electron chi connectivity index (χ4n) is 4.45. The molecular weight excluding hydrogens is 435 g/mol. The van der Waals surface area contributed by atoms with E-state index in [1.165, 1.54) is 25.0 Å². The van der Waals surface area contributed by atoms with E-state index in [4.69, 9.17) is 15.2 Å². The Morgan fingerprint density at radius 2 is 1.91 bits per heavy atom. The summed E-state index contributed by atoms with van der Waals surface area (Å²) in [5, 5.41) is 20.3. The van der Waals surface area contributed by atoms with Gasteiger partial charge >= 0.3 is 5.97 Å². The van der Waals surface area contributed by atoms with Gasteiger partial charge in [-0.25, -0.2) is 18.9 Å². The van der Waals surface area contributed by atoms with Gasteiger partial charge in [0.25, 0.3) is 0 Å². The summed E-state index contributed by atoms with van der Waals surface area (Å²) in [5.74, 6) is -0.202. The SMILES string of the molecule is Cc1cc(-c2c(-c3ccc(F)cc3)nn3c(NCC(=O)O)cccc23)nc(NC2CCCC2)n1. The molecule has 174 valence electrons. The number of aromatic nitrogens is 4. The molecule has 1 aliphatic carbocycles. The van der Waals surface area contributed by atoms with Gasteiger partial charge in [-0.2, -0.15) is 5.10 Å². The second-order valence-electron chi connectivity index (χ2n) is 8.53. The molecule has 1 aromatic carbocycles. The third-order valence-electron chi connectivity index (χ3n) is 5.99. The maximum absolute atomic E-state index is 13.6. The van der Waals surface area contributed by atoms with Gasteiger partial charge in [0.05, 0.1) is 16.8 Å². The topological polar surface area (TPSA) is 104 Å². The molecule has 34 heavy (non-hydrogen) atoms. The fourth-order valence-corrected chi connectivity index (χ4v) is 4.45. The number of pyridine rings is 1. The molecule has 0 spiro atoms. The number of halogens is 1. The van der Waals surface area contributed by atoms with Gasteiger partial charge in [0, 0.05) is 17.3 Å². The molecule has 0 amide bonds. The van der Waals surface area contributed by atoms with Crippen LogP contribution in [0.5, 0.6) is 0 Å². The van der Waals surface area contributed by atoms with E-state index in [0.29, 0.717) is 29.2 Å². The monoisotopic (exact) mass is 460 g/mol. The van der Waals surface area contributed by atoms with Gasteiger partial charge in [0.15, 0.2) is 0 Å². The van der Waals surface area contributed by atoms with Crippen LogP contribution in [0.4, 0.5) is 16.2 Å². The summed E-state index contributed by atoms with van der Waals surface area (Å²) < 4.78 is 15.3. The minimum Gasteiger partial charge on any atom is -0.480 e. The fraction of sp³-hybridized carbons (Fsp3) is 0.280. The Labute approximate surface area is 195 Å². The molecule has 3 aromatic heterocycles. The van der Waals surface area contributed by atoms with Gasteiger partial charge in [-0.05, 0) is 62.2 Å². The number of hydrogen-bond acceptors (Lipinski definition) is 6. The molecule has 0 atom stereocenters. The molecule has 0 saturated heterocycles. The number of benzene rings is 1. The van der Waals surface area contributed by atoms with Crippen LogP contribution in [-0.4, -0.2) is 43.2 Å². The lowest BCUT2D eigenvalue weighted by molar-refractivity contribution is -0.134. The molecule has 3 N–H and O–H groups in total. The molecule has 1 fully saturated rings. The van der Waals surface area contributed by atoms with Crippen LogP contribution in [0, 0.1) is 12.7 Å². The quantitative estimate of drug-likeness (QED) is 0.365. The molecule has 8 nitrogen and oxygen atoms in total. The van der Waals surface area contributed by atoms with Crippen LogP contribution in [0.3, 0.4) is 0 Å². The number of carboxylic acids is 1. The van der Waals surface area contributed by atoms with Crippen LogP contribution < -0.4 is 10.6 Å². The third kappa shape index (κ3) is 4.41. The molecule has 5 rings (SSSR count). The van der Waals surface area contributed by atoms with Crippen molar-refractivity contribution in [2.75, 3.05) is 17.2 Å². The van der Waals surface area contributed by atoms with Crippen LogP contribution in [0.1, 0.15) is 31.4 Å². The number of rotatable bonds is 7. The van der Waals surface area contributed by atoms with E-state index in [0.717, 1.165) is 35.2 Å². The minimum atomic E-state index is -0.975. The number of nitrogens with zero attached hydrogens (tertiary/aromatic N) is 4. The summed E-state index contributed by atoms with van der Waals surface area (Å²) in [6, 6.07) is 13.9. The van der Waals surface area contributed by atoms with E-state index >= 15 is 0 Å². The molecule has 0 bridgehead atoms. The summed E-state index contributed by atoms with van der Waals surface area (Å²) in [6.07, 6.45) is 4.60. The van der Waals surface area contributed by atoms with Crippen molar-refractivity contribution in [2.45, 2.75) is 38.6 Å². The largest absolute Gasteiger partial charge is 0.480 e. The maximum atomic E-state index is 13.6. The average molecular weight is 461 g/mol. The Hall–Kier alpha value is -4.01. The number of hydrogen-bond donors (Lipinski definition) is 3. The minimum absolute atomic E-state index is 0.248. The van der Waals surface area contributed by atoms with Gasteiger partial charge in [-0.1, -0.05) is 18.9 Å². The number of carbonyl (C=O) groups is 1. The summed E-state index contributed by atoms with van der Waals surface area (Å²) in [7, 11) is 0. The highest BCUT2D eigenvalue weighted by molar-refractivity contribution is 5.92. The van der Waals surface area contributed by atoms with Crippen molar-refractivity contribution < 1.29 is 14.3 Å². The first-order valence-electron chi connectivity index (χ1n) is 11.3. The number of aliphatic carboxylic acids is 1. The van der Waals surface area contributed by atoms with Crippen molar-refractivity contribution in [2.24, 2.45) is 0 Å². The first-order valence-corrected chi connectivity index (χ1v) is 11.3. The number of fused-ring (bicyclic) bond motifs is 1. The first kappa shape index (κ1) is 21.8. The van der Waals surface area contributed by atoms with E-state index in [1.54, 1.807) is 22.7 Å². The van der Waals surface area contributed by atoms with Crippen molar-refractivity contribution in [3.05, 3.63) is 60.0 Å². The van der Waals surface area contributed by atoms with Crippen LogP contribution in [0.25, 0.3) is 28.0 Å². The van der Waals surface area contributed by atoms with Crippen molar-refractivity contribution in [1.29, 1.82) is 0 Å². The highest BCUT2D eigenvalue weighted by atomic mass is 19.1. The second kappa shape index (κ2) is 9.09. The zero-order chi connectivity index (χ0) is 23.7. The summed E-state index contributed by atoms with van der Waals surface area (Å²) in [4.78, 5) is 20.5. The van der Waals surface area contributed by atoms with Crippen LogP contribution >= 0.6 is 0 Å².